The maximum atomic E-state index is 11.6. The molecule has 1 aromatic rings. The number of carbonyl (C=O) groups is 1. The fourth-order valence-corrected chi connectivity index (χ4v) is 3.20. The van der Waals surface area contributed by atoms with Gasteiger partial charge in [0.1, 0.15) is 6.61 Å². The fraction of sp³-hybridized carbons (Fsp3) is 0.750. The van der Waals surface area contributed by atoms with Crippen molar-refractivity contribution < 1.29 is 14.3 Å². The molecule has 0 N–H and O–H groups in total. The van der Waals surface area contributed by atoms with E-state index >= 15 is 0 Å². The zero-order chi connectivity index (χ0) is 16.2. The minimum absolute atomic E-state index is 0.000510. The highest BCUT2D eigenvalue weighted by Crippen LogP contribution is 2.22. The lowest BCUT2D eigenvalue weighted by molar-refractivity contribution is -0.134. The summed E-state index contributed by atoms with van der Waals surface area (Å²) >= 11 is 0. The van der Waals surface area contributed by atoms with Gasteiger partial charge in [0.25, 0.3) is 0 Å². The average Bonchev–Trinajstić information content (AvgIpc) is 3.16. The van der Waals surface area contributed by atoms with E-state index in [9.17, 15) is 4.79 Å². The van der Waals surface area contributed by atoms with Crippen LogP contribution in [0.25, 0.3) is 0 Å². The molecule has 2 aliphatic rings. The molecule has 1 fully saturated rings. The SMILES string of the molecule is CN(C)C(=O)COC[C@H]1CN([C@@H]2CCOC2)Cc2ccnn2C1. The van der Waals surface area contributed by atoms with Gasteiger partial charge in [0, 0.05) is 58.5 Å². The Morgan fingerprint density at radius 2 is 2.35 bits per heavy atom. The molecule has 3 rings (SSSR count). The summed E-state index contributed by atoms with van der Waals surface area (Å²) in [5.74, 6) is 0.325. The summed E-state index contributed by atoms with van der Waals surface area (Å²) in [6.07, 6.45) is 2.94. The van der Waals surface area contributed by atoms with Crippen LogP contribution in [0.5, 0.6) is 0 Å². The van der Waals surface area contributed by atoms with Crippen LogP contribution in [0.3, 0.4) is 0 Å². The molecule has 7 nitrogen and oxygen atoms in total. The van der Waals surface area contributed by atoms with Crippen LogP contribution >= 0.6 is 0 Å². The molecule has 128 valence electrons. The van der Waals surface area contributed by atoms with Gasteiger partial charge in [-0.15, -0.1) is 0 Å². The number of aromatic nitrogens is 2. The third kappa shape index (κ3) is 4.10. The van der Waals surface area contributed by atoms with Crippen LogP contribution in [0.2, 0.25) is 0 Å². The zero-order valence-corrected chi connectivity index (χ0v) is 14.0. The summed E-state index contributed by atoms with van der Waals surface area (Å²) in [6, 6.07) is 2.56. The van der Waals surface area contributed by atoms with Gasteiger partial charge < -0.3 is 14.4 Å². The number of carbonyl (C=O) groups excluding carboxylic acids is 1. The quantitative estimate of drug-likeness (QED) is 0.775. The number of rotatable bonds is 5. The summed E-state index contributed by atoms with van der Waals surface area (Å²) in [4.78, 5) is 15.7. The predicted octanol–water partition coefficient (Wildman–Crippen LogP) is 0.209. The topological polar surface area (TPSA) is 59.8 Å². The lowest BCUT2D eigenvalue weighted by Crippen LogP contribution is -2.39. The van der Waals surface area contributed by atoms with Crippen LogP contribution in [0.15, 0.2) is 12.3 Å². The van der Waals surface area contributed by atoms with Gasteiger partial charge in [0.05, 0.1) is 18.9 Å². The number of fused-ring (bicyclic) bond motifs is 1. The minimum Gasteiger partial charge on any atom is -0.380 e. The molecule has 0 aliphatic carbocycles. The monoisotopic (exact) mass is 322 g/mol. The van der Waals surface area contributed by atoms with Gasteiger partial charge in [-0.25, -0.2) is 0 Å². The molecule has 0 spiro atoms. The minimum atomic E-state index is -0.000510. The molecule has 0 radical (unpaired) electrons. The normalized spacial score (nSPS) is 25.1. The summed E-state index contributed by atoms with van der Waals surface area (Å²) < 4.78 is 13.3. The van der Waals surface area contributed by atoms with Gasteiger partial charge in [0.15, 0.2) is 0 Å². The van der Waals surface area contributed by atoms with E-state index in [4.69, 9.17) is 9.47 Å². The standard InChI is InChI=1S/C16H26N4O3/c1-18(2)16(21)12-23-10-13-7-19(15-4-6-22-11-15)9-14-3-5-17-20(14)8-13/h3,5,13,15H,4,6-12H2,1-2H3/t13-,15+/m0/s1. The molecule has 1 aromatic heterocycles. The molecule has 0 aromatic carbocycles. The number of ether oxygens (including phenoxy) is 2. The Morgan fingerprint density at radius 1 is 1.48 bits per heavy atom. The van der Waals surface area contributed by atoms with Crippen molar-refractivity contribution in [1.82, 2.24) is 19.6 Å². The Labute approximate surface area is 137 Å². The van der Waals surface area contributed by atoms with E-state index in [0.29, 0.717) is 18.6 Å². The Balaban J connectivity index is 1.61. The molecule has 0 bridgehead atoms. The second-order valence-electron chi connectivity index (χ2n) is 6.62. The second-order valence-corrected chi connectivity index (χ2v) is 6.62. The van der Waals surface area contributed by atoms with Gasteiger partial charge in [-0.05, 0) is 12.5 Å². The first kappa shape index (κ1) is 16.4. The van der Waals surface area contributed by atoms with Gasteiger partial charge in [-0.2, -0.15) is 5.10 Å². The van der Waals surface area contributed by atoms with E-state index in [1.54, 1.807) is 19.0 Å². The number of amides is 1. The van der Waals surface area contributed by atoms with Crippen molar-refractivity contribution in [2.75, 3.05) is 47.1 Å². The number of likely N-dealkylation sites (N-methyl/N-ethyl adjacent to an activating group) is 1. The summed E-state index contributed by atoms with van der Waals surface area (Å²) in [5, 5.41) is 4.43. The van der Waals surface area contributed by atoms with Crippen molar-refractivity contribution in [2.45, 2.75) is 25.6 Å². The molecule has 0 saturated carbocycles. The first-order chi connectivity index (χ1) is 11.1. The molecular weight excluding hydrogens is 296 g/mol. The Bertz CT molecular complexity index is 525. The number of nitrogens with zero attached hydrogens (tertiary/aromatic N) is 4. The second kappa shape index (κ2) is 7.42. The molecule has 1 saturated heterocycles. The highest BCUT2D eigenvalue weighted by atomic mass is 16.5. The van der Waals surface area contributed by atoms with Crippen LogP contribution in [0.1, 0.15) is 12.1 Å². The van der Waals surface area contributed by atoms with Crippen molar-refractivity contribution in [3.63, 3.8) is 0 Å². The van der Waals surface area contributed by atoms with E-state index in [1.807, 2.05) is 6.20 Å². The first-order valence-corrected chi connectivity index (χ1v) is 8.24. The van der Waals surface area contributed by atoms with Gasteiger partial charge >= 0.3 is 0 Å². The predicted molar refractivity (Wildman–Crippen MR) is 84.9 cm³/mol. The van der Waals surface area contributed by atoms with E-state index in [0.717, 1.165) is 39.3 Å². The molecule has 7 heteroatoms. The Morgan fingerprint density at radius 3 is 3.09 bits per heavy atom. The highest BCUT2D eigenvalue weighted by molar-refractivity contribution is 5.76. The van der Waals surface area contributed by atoms with Crippen LogP contribution in [-0.2, 0) is 27.4 Å². The van der Waals surface area contributed by atoms with E-state index in [-0.39, 0.29) is 12.5 Å². The van der Waals surface area contributed by atoms with Gasteiger partial charge in [0.2, 0.25) is 5.91 Å². The van der Waals surface area contributed by atoms with Crippen LogP contribution in [0.4, 0.5) is 0 Å². The smallest absolute Gasteiger partial charge is 0.248 e. The van der Waals surface area contributed by atoms with E-state index in [1.165, 1.54) is 5.69 Å². The van der Waals surface area contributed by atoms with Crippen LogP contribution in [-0.4, -0.2) is 78.6 Å². The largest absolute Gasteiger partial charge is 0.380 e. The average molecular weight is 322 g/mol. The maximum absolute atomic E-state index is 11.6. The summed E-state index contributed by atoms with van der Waals surface area (Å²) in [6.45, 7) is 5.06. The highest BCUT2D eigenvalue weighted by Gasteiger charge is 2.29. The molecule has 2 atom stereocenters. The molecule has 1 amide bonds. The molecule has 23 heavy (non-hydrogen) atoms. The maximum Gasteiger partial charge on any atom is 0.248 e. The summed E-state index contributed by atoms with van der Waals surface area (Å²) in [7, 11) is 3.49. The fourth-order valence-electron chi connectivity index (χ4n) is 3.20. The van der Waals surface area contributed by atoms with Crippen molar-refractivity contribution in [2.24, 2.45) is 5.92 Å². The Hall–Kier alpha value is -1.44. The Kier molecular flexibility index (Phi) is 5.30. The molecule has 2 aliphatic heterocycles. The van der Waals surface area contributed by atoms with E-state index in [2.05, 4.69) is 20.7 Å². The van der Waals surface area contributed by atoms with Crippen molar-refractivity contribution in [3.05, 3.63) is 18.0 Å². The molecule has 0 unspecified atom stereocenters. The van der Waals surface area contributed by atoms with E-state index < -0.39 is 0 Å². The molecular formula is C16H26N4O3. The lowest BCUT2D eigenvalue weighted by atomic mass is 10.1. The molecule has 3 heterocycles. The van der Waals surface area contributed by atoms with Gasteiger partial charge in [-0.3, -0.25) is 14.4 Å². The van der Waals surface area contributed by atoms with Crippen LogP contribution in [0, 0.1) is 5.92 Å². The van der Waals surface area contributed by atoms with Gasteiger partial charge in [-0.1, -0.05) is 0 Å². The van der Waals surface area contributed by atoms with Crippen molar-refractivity contribution >= 4 is 5.91 Å². The zero-order valence-electron chi connectivity index (χ0n) is 14.0. The number of hydrogen-bond donors (Lipinski definition) is 0. The van der Waals surface area contributed by atoms with Crippen LogP contribution < -0.4 is 0 Å². The van der Waals surface area contributed by atoms with Crippen molar-refractivity contribution in [3.8, 4) is 0 Å². The number of hydrogen-bond acceptors (Lipinski definition) is 5. The lowest BCUT2D eigenvalue weighted by Gasteiger charge is -2.28. The third-order valence-corrected chi connectivity index (χ3v) is 4.59. The third-order valence-electron chi connectivity index (χ3n) is 4.59. The first-order valence-electron chi connectivity index (χ1n) is 8.24. The summed E-state index contributed by atoms with van der Waals surface area (Å²) in [5.41, 5.74) is 1.24. The van der Waals surface area contributed by atoms with Crippen molar-refractivity contribution in [1.29, 1.82) is 0 Å².